The molecule has 2 fully saturated rings. The molecule has 2 aromatic rings. The first-order valence-electron chi connectivity index (χ1n) is 10.1. The minimum atomic E-state index is 0.104. The van der Waals surface area contributed by atoms with Crippen LogP contribution in [0.3, 0.4) is 0 Å². The number of aromatic nitrogens is 3. The Morgan fingerprint density at radius 2 is 2.04 bits per heavy atom. The van der Waals surface area contributed by atoms with Crippen LogP contribution < -0.4 is 5.32 Å². The molecular weight excluding hydrogens is 354 g/mol. The number of hydrogen-bond donors (Lipinski definition) is 1. The quantitative estimate of drug-likeness (QED) is 0.877. The molecule has 0 unspecified atom stereocenters. The fraction of sp³-hybridized carbons (Fsp3) is 0.524. The van der Waals surface area contributed by atoms with Crippen LogP contribution in [0.15, 0.2) is 30.5 Å². The van der Waals surface area contributed by atoms with E-state index in [2.05, 4.69) is 15.3 Å². The van der Waals surface area contributed by atoms with E-state index in [4.69, 9.17) is 9.72 Å². The zero-order valence-corrected chi connectivity index (χ0v) is 16.3. The molecule has 4 rings (SSSR count). The fourth-order valence-electron chi connectivity index (χ4n) is 4.00. The van der Waals surface area contributed by atoms with Gasteiger partial charge in [-0.2, -0.15) is 0 Å². The Hall–Kier alpha value is -2.54. The highest BCUT2D eigenvalue weighted by Gasteiger charge is 2.31. The molecule has 1 atom stereocenters. The summed E-state index contributed by atoms with van der Waals surface area (Å²) in [6, 6.07) is 7.65. The molecule has 0 aromatic carbocycles. The highest BCUT2D eigenvalue weighted by atomic mass is 16.5. The van der Waals surface area contributed by atoms with Gasteiger partial charge >= 0.3 is 0 Å². The van der Waals surface area contributed by atoms with Gasteiger partial charge < -0.3 is 15.0 Å². The van der Waals surface area contributed by atoms with E-state index in [1.54, 1.807) is 6.20 Å². The van der Waals surface area contributed by atoms with Crippen molar-refractivity contribution in [1.82, 2.24) is 19.9 Å². The van der Waals surface area contributed by atoms with Gasteiger partial charge in [0.25, 0.3) is 0 Å². The van der Waals surface area contributed by atoms with Crippen LogP contribution in [-0.4, -0.2) is 52.1 Å². The minimum Gasteiger partial charge on any atom is -0.381 e. The Balaban J connectivity index is 1.47. The maximum Gasteiger partial charge on any atom is 0.225 e. The van der Waals surface area contributed by atoms with E-state index in [9.17, 15) is 4.79 Å². The number of likely N-dealkylation sites (tertiary alicyclic amines) is 1. The molecule has 1 N–H and O–H groups in total. The molecule has 0 bridgehead atoms. The van der Waals surface area contributed by atoms with Gasteiger partial charge in [-0.05, 0) is 44.7 Å². The summed E-state index contributed by atoms with van der Waals surface area (Å²) in [5, 5.41) is 3.25. The number of piperidine rings is 1. The number of rotatable bonds is 4. The van der Waals surface area contributed by atoms with Crippen molar-refractivity contribution < 1.29 is 9.53 Å². The van der Waals surface area contributed by atoms with E-state index >= 15 is 0 Å². The van der Waals surface area contributed by atoms with Crippen LogP contribution in [0.25, 0.3) is 0 Å². The average molecular weight is 381 g/mol. The first-order valence-corrected chi connectivity index (χ1v) is 10.1. The van der Waals surface area contributed by atoms with E-state index < -0.39 is 0 Å². The van der Waals surface area contributed by atoms with E-state index in [-0.39, 0.29) is 17.7 Å². The van der Waals surface area contributed by atoms with E-state index in [1.165, 1.54) is 0 Å². The number of hydrogen-bond acceptors (Lipinski definition) is 6. The largest absolute Gasteiger partial charge is 0.381 e. The standard InChI is InChI=1S/C21H27N5O2/c1-15-13-19(24-18-6-2-3-9-22-18)25-20(23-15)17-5-4-10-26(14-17)21(27)16-7-11-28-12-8-16/h2-3,6,9,13,16-17H,4-5,7-8,10-12,14H2,1H3,(H,22,23,24,25)/t17-/m1/s1. The Bertz CT molecular complexity index is 808. The van der Waals surface area contributed by atoms with Crippen LogP contribution in [0, 0.1) is 12.8 Å². The topological polar surface area (TPSA) is 80.2 Å². The highest BCUT2D eigenvalue weighted by Crippen LogP contribution is 2.28. The summed E-state index contributed by atoms with van der Waals surface area (Å²) in [5.74, 6) is 2.85. The Kier molecular flexibility index (Phi) is 5.81. The van der Waals surface area contributed by atoms with Crippen molar-refractivity contribution in [1.29, 1.82) is 0 Å². The number of nitrogens with one attached hydrogen (secondary N) is 1. The highest BCUT2D eigenvalue weighted by molar-refractivity contribution is 5.79. The van der Waals surface area contributed by atoms with E-state index in [0.29, 0.717) is 19.8 Å². The van der Waals surface area contributed by atoms with Crippen LogP contribution in [0.4, 0.5) is 11.6 Å². The number of carbonyl (C=O) groups is 1. The minimum absolute atomic E-state index is 0.104. The second-order valence-electron chi connectivity index (χ2n) is 7.60. The van der Waals surface area contributed by atoms with Gasteiger partial charge in [0, 0.05) is 56.1 Å². The lowest BCUT2D eigenvalue weighted by Crippen LogP contribution is -2.44. The molecule has 0 spiro atoms. The van der Waals surface area contributed by atoms with Crippen molar-refractivity contribution in [2.75, 3.05) is 31.6 Å². The summed E-state index contributed by atoms with van der Waals surface area (Å²) < 4.78 is 5.40. The lowest BCUT2D eigenvalue weighted by atomic mass is 9.93. The van der Waals surface area contributed by atoms with E-state index in [0.717, 1.165) is 55.4 Å². The molecule has 7 nitrogen and oxygen atoms in total. The molecule has 0 saturated carbocycles. The summed E-state index contributed by atoms with van der Waals surface area (Å²) in [7, 11) is 0. The predicted octanol–water partition coefficient (Wildman–Crippen LogP) is 3.06. The van der Waals surface area contributed by atoms with Crippen molar-refractivity contribution in [3.63, 3.8) is 0 Å². The van der Waals surface area contributed by atoms with Crippen LogP contribution in [-0.2, 0) is 9.53 Å². The second-order valence-corrected chi connectivity index (χ2v) is 7.60. The SMILES string of the molecule is Cc1cc(Nc2ccccn2)nc([C@@H]2CCCN(C(=O)C3CCOCC3)C2)n1. The normalized spacial score (nSPS) is 20.8. The summed E-state index contributed by atoms with van der Waals surface area (Å²) in [6.45, 7) is 4.89. The van der Waals surface area contributed by atoms with Gasteiger partial charge in [0.05, 0.1) is 0 Å². The predicted molar refractivity (Wildman–Crippen MR) is 106 cm³/mol. The van der Waals surface area contributed by atoms with Crippen molar-refractivity contribution >= 4 is 17.5 Å². The van der Waals surface area contributed by atoms with Gasteiger partial charge in [0.1, 0.15) is 17.5 Å². The zero-order valence-electron chi connectivity index (χ0n) is 16.3. The van der Waals surface area contributed by atoms with Gasteiger partial charge in [0.2, 0.25) is 5.91 Å². The molecule has 28 heavy (non-hydrogen) atoms. The first kappa shape index (κ1) is 18.8. The third-order valence-corrected chi connectivity index (χ3v) is 5.46. The summed E-state index contributed by atoms with van der Waals surface area (Å²) in [6.07, 6.45) is 5.40. The van der Waals surface area contributed by atoms with Crippen molar-refractivity contribution in [3.05, 3.63) is 42.0 Å². The van der Waals surface area contributed by atoms with Crippen molar-refractivity contribution in [3.8, 4) is 0 Å². The average Bonchev–Trinajstić information content (AvgIpc) is 2.74. The molecule has 1 amide bonds. The monoisotopic (exact) mass is 381 g/mol. The molecular formula is C21H27N5O2. The second kappa shape index (κ2) is 8.65. The number of aryl methyl sites for hydroxylation is 1. The Morgan fingerprint density at radius 1 is 1.18 bits per heavy atom. The van der Waals surface area contributed by atoms with Crippen molar-refractivity contribution in [2.24, 2.45) is 5.92 Å². The number of carbonyl (C=O) groups excluding carboxylic acids is 1. The third-order valence-electron chi connectivity index (χ3n) is 5.46. The van der Waals surface area contributed by atoms with Crippen molar-refractivity contribution in [2.45, 2.75) is 38.5 Å². The van der Waals surface area contributed by atoms with Crippen LogP contribution in [0.2, 0.25) is 0 Å². The molecule has 7 heteroatoms. The lowest BCUT2D eigenvalue weighted by Gasteiger charge is -2.35. The van der Waals surface area contributed by atoms with Gasteiger partial charge in [-0.1, -0.05) is 6.07 Å². The molecule has 2 aromatic heterocycles. The molecule has 0 radical (unpaired) electrons. The molecule has 0 aliphatic carbocycles. The maximum absolute atomic E-state index is 12.9. The van der Waals surface area contributed by atoms with Crippen LogP contribution in [0.1, 0.15) is 43.1 Å². The van der Waals surface area contributed by atoms with Gasteiger partial charge in [-0.25, -0.2) is 15.0 Å². The smallest absolute Gasteiger partial charge is 0.225 e. The van der Waals surface area contributed by atoms with Crippen LogP contribution >= 0.6 is 0 Å². The molecule has 4 heterocycles. The fourth-order valence-corrected chi connectivity index (χ4v) is 4.00. The number of pyridine rings is 1. The van der Waals surface area contributed by atoms with Crippen LogP contribution in [0.5, 0.6) is 0 Å². The Morgan fingerprint density at radius 3 is 2.82 bits per heavy atom. The van der Waals surface area contributed by atoms with Gasteiger partial charge in [-0.3, -0.25) is 4.79 Å². The summed E-state index contributed by atoms with van der Waals surface area (Å²) in [4.78, 5) is 28.6. The maximum atomic E-state index is 12.9. The number of nitrogens with zero attached hydrogens (tertiary/aromatic N) is 4. The number of ether oxygens (including phenoxy) is 1. The molecule has 148 valence electrons. The lowest BCUT2D eigenvalue weighted by molar-refractivity contribution is -0.139. The van der Waals surface area contributed by atoms with Gasteiger partial charge in [0.15, 0.2) is 0 Å². The third kappa shape index (κ3) is 4.47. The summed E-state index contributed by atoms with van der Waals surface area (Å²) >= 11 is 0. The zero-order chi connectivity index (χ0) is 19.3. The molecule has 2 saturated heterocycles. The molecule has 2 aliphatic rings. The number of amides is 1. The summed E-state index contributed by atoms with van der Waals surface area (Å²) in [5.41, 5.74) is 0.913. The van der Waals surface area contributed by atoms with E-state index in [1.807, 2.05) is 36.1 Å². The number of anilines is 2. The Labute approximate surface area is 165 Å². The first-order chi connectivity index (χ1) is 13.7. The molecule has 2 aliphatic heterocycles. The van der Waals surface area contributed by atoms with Gasteiger partial charge in [-0.15, -0.1) is 0 Å².